The first-order valence-electron chi connectivity index (χ1n) is 10.3. The maximum Gasteiger partial charge on any atom is 0.270 e. The smallest absolute Gasteiger partial charge is 0.270 e. The van der Waals surface area contributed by atoms with E-state index in [9.17, 15) is 20.0 Å². The molecule has 3 aromatic rings. The second kappa shape index (κ2) is 9.42. The summed E-state index contributed by atoms with van der Waals surface area (Å²) in [5, 5.41) is 23.8. The molecule has 0 aliphatic carbocycles. The van der Waals surface area contributed by atoms with Crippen LogP contribution in [0, 0.1) is 10.1 Å². The first-order valence-corrected chi connectivity index (χ1v) is 10.7. The van der Waals surface area contributed by atoms with Crippen molar-refractivity contribution in [3.63, 3.8) is 0 Å². The van der Waals surface area contributed by atoms with Crippen LogP contribution < -0.4 is 10.2 Å². The molecular weight excluding hydrogens is 434 g/mol. The van der Waals surface area contributed by atoms with Crippen molar-refractivity contribution in [2.75, 3.05) is 23.3 Å². The van der Waals surface area contributed by atoms with Crippen molar-refractivity contribution in [3.8, 4) is 11.3 Å². The molecule has 166 valence electrons. The van der Waals surface area contributed by atoms with E-state index in [1.165, 1.54) is 12.1 Å². The Morgan fingerprint density at radius 1 is 1.12 bits per heavy atom. The van der Waals surface area contributed by atoms with Gasteiger partial charge in [-0.25, -0.2) is 0 Å². The number of piperidine rings is 1. The van der Waals surface area contributed by atoms with Gasteiger partial charge in [-0.1, -0.05) is 11.6 Å². The molecule has 2 aromatic carbocycles. The topological polar surface area (TPSA) is 109 Å². The summed E-state index contributed by atoms with van der Waals surface area (Å²) in [6, 6.07) is 12.7. The summed E-state index contributed by atoms with van der Waals surface area (Å²) in [6.45, 7) is 1.36. The van der Waals surface area contributed by atoms with Gasteiger partial charge in [-0.05, 0) is 55.7 Å². The van der Waals surface area contributed by atoms with Crippen LogP contribution in [0.1, 0.15) is 35.4 Å². The minimum atomic E-state index is -0.507. The van der Waals surface area contributed by atoms with Gasteiger partial charge in [-0.2, -0.15) is 0 Å². The number of carbonyl (C=O) groups excluding carboxylic acids is 1. The lowest BCUT2D eigenvalue weighted by atomic mass is 10.1. The monoisotopic (exact) mass is 455 g/mol. The number of nitrogens with zero attached hydrogens (tertiary/aromatic N) is 2. The van der Waals surface area contributed by atoms with Gasteiger partial charge in [0.25, 0.3) is 11.6 Å². The number of aliphatic hydroxyl groups is 1. The van der Waals surface area contributed by atoms with Crippen LogP contribution in [0.3, 0.4) is 0 Å². The van der Waals surface area contributed by atoms with E-state index in [1.807, 2.05) is 0 Å². The lowest BCUT2D eigenvalue weighted by molar-refractivity contribution is -0.384. The molecule has 1 amide bonds. The summed E-state index contributed by atoms with van der Waals surface area (Å²) in [6.07, 6.45) is 3.15. The molecule has 32 heavy (non-hydrogen) atoms. The highest BCUT2D eigenvalue weighted by Gasteiger charge is 2.22. The minimum absolute atomic E-state index is 0.139. The molecule has 2 N–H and O–H groups in total. The quantitative estimate of drug-likeness (QED) is 0.388. The molecule has 4 rings (SSSR count). The van der Waals surface area contributed by atoms with E-state index >= 15 is 0 Å². The van der Waals surface area contributed by atoms with Gasteiger partial charge in [0.1, 0.15) is 18.1 Å². The number of hydrogen-bond donors (Lipinski definition) is 2. The number of carbonyl (C=O) groups is 1. The van der Waals surface area contributed by atoms with Gasteiger partial charge in [-0.15, -0.1) is 0 Å². The van der Waals surface area contributed by atoms with Crippen LogP contribution in [-0.2, 0) is 6.61 Å². The van der Waals surface area contributed by atoms with Crippen molar-refractivity contribution in [2.45, 2.75) is 25.9 Å². The minimum Gasteiger partial charge on any atom is -0.459 e. The van der Waals surface area contributed by atoms with Crippen molar-refractivity contribution in [2.24, 2.45) is 0 Å². The number of nitro benzene ring substituents is 1. The van der Waals surface area contributed by atoms with E-state index in [0.717, 1.165) is 32.4 Å². The average molecular weight is 456 g/mol. The Hall–Kier alpha value is -3.36. The lowest BCUT2D eigenvalue weighted by Gasteiger charge is -2.30. The molecule has 1 saturated heterocycles. The number of furan rings is 1. The van der Waals surface area contributed by atoms with Gasteiger partial charge < -0.3 is 19.7 Å². The molecule has 8 nitrogen and oxygen atoms in total. The van der Waals surface area contributed by atoms with Crippen LogP contribution in [0.5, 0.6) is 0 Å². The van der Waals surface area contributed by atoms with Crippen LogP contribution in [0.2, 0.25) is 5.02 Å². The Kier molecular flexibility index (Phi) is 6.43. The highest BCUT2D eigenvalue weighted by atomic mass is 35.5. The summed E-state index contributed by atoms with van der Waals surface area (Å²) in [4.78, 5) is 26.1. The maximum absolute atomic E-state index is 13.2. The van der Waals surface area contributed by atoms with Crippen LogP contribution in [0.4, 0.5) is 17.1 Å². The summed E-state index contributed by atoms with van der Waals surface area (Å²) in [5.74, 6) is 0.408. The first-order chi connectivity index (χ1) is 15.5. The van der Waals surface area contributed by atoms with E-state index in [1.54, 1.807) is 36.4 Å². The van der Waals surface area contributed by atoms with Gasteiger partial charge in [0.15, 0.2) is 0 Å². The summed E-state index contributed by atoms with van der Waals surface area (Å²) < 4.78 is 5.56. The molecular formula is C23H22ClN3O5. The molecule has 0 spiro atoms. The van der Waals surface area contributed by atoms with Crippen molar-refractivity contribution in [1.82, 2.24) is 0 Å². The van der Waals surface area contributed by atoms with E-state index in [2.05, 4.69) is 10.2 Å². The molecule has 0 atom stereocenters. The van der Waals surface area contributed by atoms with E-state index in [4.69, 9.17) is 16.0 Å². The molecule has 0 bridgehead atoms. The largest absolute Gasteiger partial charge is 0.459 e. The van der Waals surface area contributed by atoms with Crippen LogP contribution in [-0.4, -0.2) is 29.0 Å². The van der Waals surface area contributed by atoms with Crippen molar-refractivity contribution < 1.29 is 19.2 Å². The van der Waals surface area contributed by atoms with E-state index in [0.29, 0.717) is 33.5 Å². The highest BCUT2D eigenvalue weighted by molar-refractivity contribution is 6.33. The zero-order valence-corrected chi connectivity index (χ0v) is 18.0. The number of nitrogens with one attached hydrogen (secondary N) is 1. The summed E-state index contributed by atoms with van der Waals surface area (Å²) >= 11 is 6.30. The third kappa shape index (κ3) is 4.61. The third-order valence-corrected chi connectivity index (χ3v) is 5.77. The number of amides is 1. The van der Waals surface area contributed by atoms with Gasteiger partial charge in [0.05, 0.1) is 21.2 Å². The number of nitro groups is 1. The fourth-order valence-corrected chi connectivity index (χ4v) is 4.04. The molecule has 0 unspecified atom stereocenters. The van der Waals surface area contributed by atoms with Crippen molar-refractivity contribution in [3.05, 3.63) is 75.0 Å². The Labute approximate surface area is 189 Å². The van der Waals surface area contributed by atoms with Gasteiger partial charge in [0.2, 0.25) is 0 Å². The normalized spacial score (nSPS) is 13.8. The molecule has 1 fully saturated rings. The first kappa shape index (κ1) is 21.9. The number of aliphatic hydroxyl groups excluding tert-OH is 1. The number of non-ortho nitro benzene ring substituents is 1. The third-order valence-electron chi connectivity index (χ3n) is 5.44. The predicted octanol–water partition coefficient (Wildman–Crippen LogP) is 5.24. The van der Waals surface area contributed by atoms with Gasteiger partial charge >= 0.3 is 0 Å². The fraction of sp³-hybridized carbons (Fsp3) is 0.261. The molecule has 1 aliphatic rings. The zero-order valence-electron chi connectivity index (χ0n) is 17.2. The summed E-state index contributed by atoms with van der Waals surface area (Å²) in [5.41, 5.74) is 1.81. The van der Waals surface area contributed by atoms with E-state index in [-0.39, 0.29) is 17.9 Å². The van der Waals surface area contributed by atoms with Crippen molar-refractivity contribution >= 4 is 34.6 Å². The lowest BCUT2D eigenvalue weighted by Crippen LogP contribution is -2.31. The standard InChI is InChI=1S/C23H22ClN3O5/c24-20-7-4-15(12-18(20)22-9-6-17(14-28)32-22)25-23(29)19-13-16(27(30)31)5-8-21(19)26-10-2-1-3-11-26/h4-9,12-13,28H,1-3,10-11,14H2,(H,25,29). The number of hydrogen-bond acceptors (Lipinski definition) is 6. The number of halogens is 1. The number of rotatable bonds is 6. The Balaban J connectivity index is 1.65. The zero-order chi connectivity index (χ0) is 22.7. The van der Waals surface area contributed by atoms with E-state index < -0.39 is 10.8 Å². The maximum atomic E-state index is 13.2. The molecule has 1 aliphatic heterocycles. The predicted molar refractivity (Wildman–Crippen MR) is 122 cm³/mol. The second-order valence-corrected chi connectivity index (χ2v) is 7.99. The fourth-order valence-electron chi connectivity index (χ4n) is 3.83. The molecule has 9 heteroatoms. The average Bonchev–Trinajstić information content (AvgIpc) is 3.29. The van der Waals surface area contributed by atoms with Crippen LogP contribution in [0.25, 0.3) is 11.3 Å². The molecule has 2 heterocycles. The molecule has 1 aromatic heterocycles. The van der Waals surface area contributed by atoms with Crippen molar-refractivity contribution in [1.29, 1.82) is 0 Å². The Morgan fingerprint density at radius 3 is 2.59 bits per heavy atom. The Morgan fingerprint density at radius 2 is 1.91 bits per heavy atom. The molecule has 0 radical (unpaired) electrons. The van der Waals surface area contributed by atoms with Gasteiger partial charge in [-0.3, -0.25) is 14.9 Å². The van der Waals surface area contributed by atoms with Crippen LogP contribution in [0.15, 0.2) is 52.9 Å². The Bertz CT molecular complexity index is 1150. The number of benzene rings is 2. The molecule has 0 saturated carbocycles. The summed E-state index contributed by atoms with van der Waals surface area (Å²) in [7, 11) is 0. The number of anilines is 2. The second-order valence-electron chi connectivity index (χ2n) is 7.58. The SMILES string of the molecule is O=C(Nc1ccc(Cl)c(-c2ccc(CO)o2)c1)c1cc([N+](=O)[O-])ccc1N1CCCCC1. The van der Waals surface area contributed by atoms with Gasteiger partial charge in [0, 0.05) is 36.5 Å². The van der Waals surface area contributed by atoms with Crippen LogP contribution >= 0.6 is 11.6 Å². The highest BCUT2D eigenvalue weighted by Crippen LogP contribution is 2.33.